The molecular formula is C17H15ClFNO5S. The maximum atomic E-state index is 12.8. The Morgan fingerprint density at radius 3 is 2.38 bits per heavy atom. The highest BCUT2D eigenvalue weighted by molar-refractivity contribution is 7.92. The van der Waals surface area contributed by atoms with E-state index in [9.17, 15) is 22.4 Å². The zero-order valence-corrected chi connectivity index (χ0v) is 15.3. The second-order valence-electron chi connectivity index (χ2n) is 5.34. The second-order valence-corrected chi connectivity index (χ2v) is 7.68. The lowest BCUT2D eigenvalue weighted by molar-refractivity contribution is -0.140. The van der Waals surface area contributed by atoms with Gasteiger partial charge in [0, 0.05) is 10.6 Å². The number of carbonyl (C=O) groups excluding carboxylic acids is 2. The number of halogens is 2. The maximum Gasteiger partial charge on any atom is 0.327 e. The summed E-state index contributed by atoms with van der Waals surface area (Å²) in [6.45, 7) is -1.20. The van der Waals surface area contributed by atoms with Crippen molar-refractivity contribution in [1.29, 1.82) is 0 Å². The Hall–Kier alpha value is -2.45. The zero-order chi connectivity index (χ0) is 19.3. The maximum absolute atomic E-state index is 12.8. The van der Waals surface area contributed by atoms with E-state index in [-0.39, 0.29) is 11.3 Å². The number of sulfonamides is 1. The van der Waals surface area contributed by atoms with Gasteiger partial charge in [-0.05, 0) is 42.5 Å². The minimum absolute atomic E-state index is 0.175. The normalized spacial score (nSPS) is 11.0. The summed E-state index contributed by atoms with van der Waals surface area (Å²) in [7, 11) is -3.78. The Kier molecular flexibility index (Phi) is 6.33. The van der Waals surface area contributed by atoms with Crippen molar-refractivity contribution < 1.29 is 27.1 Å². The fraction of sp³-hybridized carbons (Fsp3) is 0.176. The lowest BCUT2D eigenvalue weighted by Gasteiger charge is -2.21. The van der Waals surface area contributed by atoms with Gasteiger partial charge in [-0.1, -0.05) is 17.7 Å². The molecule has 0 N–H and O–H groups in total. The summed E-state index contributed by atoms with van der Waals surface area (Å²) in [5, 5.41) is 0.302. The summed E-state index contributed by atoms with van der Waals surface area (Å²) in [5.74, 6) is -1.94. The first kappa shape index (κ1) is 19.9. The van der Waals surface area contributed by atoms with Gasteiger partial charge in [0.25, 0.3) is 0 Å². The highest BCUT2D eigenvalue weighted by Gasteiger charge is 2.22. The molecule has 2 rings (SSSR count). The molecule has 0 fully saturated rings. The predicted molar refractivity (Wildman–Crippen MR) is 95.3 cm³/mol. The van der Waals surface area contributed by atoms with Crippen LogP contribution in [0.15, 0.2) is 48.5 Å². The van der Waals surface area contributed by atoms with Gasteiger partial charge in [-0.15, -0.1) is 0 Å². The average Bonchev–Trinajstić information content (AvgIpc) is 2.57. The van der Waals surface area contributed by atoms with Gasteiger partial charge < -0.3 is 4.74 Å². The molecule has 0 atom stereocenters. The first-order chi connectivity index (χ1) is 12.2. The summed E-state index contributed by atoms with van der Waals surface area (Å²) >= 11 is 5.85. The van der Waals surface area contributed by atoms with Crippen molar-refractivity contribution in [1.82, 2.24) is 0 Å². The van der Waals surface area contributed by atoms with E-state index in [0.29, 0.717) is 5.02 Å². The summed E-state index contributed by atoms with van der Waals surface area (Å²) in [6, 6.07) is 10.7. The van der Waals surface area contributed by atoms with Gasteiger partial charge in [-0.3, -0.25) is 13.9 Å². The van der Waals surface area contributed by atoms with Crippen LogP contribution in [0.2, 0.25) is 5.02 Å². The molecule has 9 heteroatoms. The van der Waals surface area contributed by atoms with Crippen LogP contribution in [-0.4, -0.2) is 39.6 Å². The van der Waals surface area contributed by atoms with Gasteiger partial charge in [0.15, 0.2) is 12.4 Å². The van der Waals surface area contributed by atoms with Crippen molar-refractivity contribution in [2.75, 3.05) is 23.7 Å². The number of anilines is 1. The summed E-state index contributed by atoms with van der Waals surface area (Å²) < 4.78 is 42.4. The minimum Gasteiger partial charge on any atom is -0.456 e. The van der Waals surface area contributed by atoms with Crippen molar-refractivity contribution in [3.05, 3.63) is 64.9 Å². The van der Waals surface area contributed by atoms with E-state index in [1.54, 1.807) is 12.1 Å². The molecule has 2 aromatic rings. The van der Waals surface area contributed by atoms with Gasteiger partial charge in [-0.2, -0.15) is 0 Å². The lowest BCUT2D eigenvalue weighted by Crippen LogP contribution is -2.36. The molecule has 0 amide bonds. The molecule has 0 saturated carbocycles. The first-order valence-electron chi connectivity index (χ1n) is 7.34. The number of ether oxygens (including phenoxy) is 1. The number of carbonyl (C=O) groups is 2. The highest BCUT2D eigenvalue weighted by Crippen LogP contribution is 2.21. The molecule has 0 aliphatic carbocycles. The molecule has 0 aliphatic rings. The van der Waals surface area contributed by atoms with Gasteiger partial charge in [-0.25, -0.2) is 12.8 Å². The smallest absolute Gasteiger partial charge is 0.327 e. The lowest BCUT2D eigenvalue weighted by atomic mass is 10.1. The van der Waals surface area contributed by atoms with E-state index in [4.69, 9.17) is 16.3 Å². The number of benzene rings is 2. The molecule has 0 aliphatic heterocycles. The monoisotopic (exact) mass is 399 g/mol. The minimum atomic E-state index is -3.78. The Bertz CT molecular complexity index is 915. The molecule has 0 unspecified atom stereocenters. The molecule has 6 nitrogen and oxygen atoms in total. The van der Waals surface area contributed by atoms with E-state index in [0.717, 1.165) is 22.7 Å². The molecule has 0 heterocycles. The quantitative estimate of drug-likeness (QED) is 0.528. The van der Waals surface area contributed by atoms with Crippen LogP contribution in [0, 0.1) is 5.82 Å². The summed E-state index contributed by atoms with van der Waals surface area (Å²) in [6.07, 6.45) is 0.935. The molecule has 0 radical (unpaired) electrons. The van der Waals surface area contributed by atoms with Crippen LogP contribution in [0.3, 0.4) is 0 Å². The topological polar surface area (TPSA) is 80.8 Å². The number of hydrogen-bond acceptors (Lipinski definition) is 5. The van der Waals surface area contributed by atoms with Crippen LogP contribution in [0.1, 0.15) is 10.4 Å². The Labute approximate surface area is 155 Å². The third-order valence-electron chi connectivity index (χ3n) is 3.30. The van der Waals surface area contributed by atoms with Crippen molar-refractivity contribution in [3.63, 3.8) is 0 Å². The molecule has 0 spiro atoms. The molecular weight excluding hydrogens is 385 g/mol. The Balaban J connectivity index is 2.03. The second kappa shape index (κ2) is 8.29. The van der Waals surface area contributed by atoms with Crippen LogP contribution < -0.4 is 4.31 Å². The SMILES string of the molecule is CS(=O)(=O)N(CC(=O)OCC(=O)c1ccc(F)cc1)c1cccc(Cl)c1. The van der Waals surface area contributed by atoms with Crippen LogP contribution in [0.4, 0.5) is 10.1 Å². The Morgan fingerprint density at radius 1 is 1.15 bits per heavy atom. The highest BCUT2D eigenvalue weighted by atomic mass is 35.5. The van der Waals surface area contributed by atoms with Crippen LogP contribution in [0.5, 0.6) is 0 Å². The summed E-state index contributed by atoms with van der Waals surface area (Å²) in [5.41, 5.74) is 0.371. The summed E-state index contributed by atoms with van der Waals surface area (Å²) in [4.78, 5) is 23.9. The third kappa shape index (κ3) is 5.53. The van der Waals surface area contributed by atoms with Crippen LogP contribution >= 0.6 is 11.6 Å². The van der Waals surface area contributed by atoms with Gasteiger partial charge in [0.1, 0.15) is 12.4 Å². The van der Waals surface area contributed by atoms with Gasteiger partial charge >= 0.3 is 5.97 Å². The van der Waals surface area contributed by atoms with Crippen molar-refractivity contribution >= 4 is 39.1 Å². The molecule has 138 valence electrons. The van der Waals surface area contributed by atoms with Crippen molar-refractivity contribution in [2.24, 2.45) is 0 Å². The number of nitrogens with zero attached hydrogens (tertiary/aromatic N) is 1. The largest absolute Gasteiger partial charge is 0.456 e. The van der Waals surface area contributed by atoms with E-state index in [2.05, 4.69) is 0 Å². The van der Waals surface area contributed by atoms with E-state index in [1.807, 2.05) is 0 Å². The number of Topliss-reactive ketones (excluding diaryl/α,β-unsaturated/α-hetero) is 1. The van der Waals surface area contributed by atoms with Gasteiger partial charge in [0.2, 0.25) is 10.0 Å². The third-order valence-corrected chi connectivity index (χ3v) is 4.68. The van der Waals surface area contributed by atoms with E-state index >= 15 is 0 Å². The standard InChI is InChI=1S/C17H15ClFNO5S/c1-26(23,24)20(15-4-2-3-13(18)9-15)10-17(22)25-11-16(21)12-5-7-14(19)8-6-12/h2-9H,10-11H2,1H3. The van der Waals surface area contributed by atoms with Crippen LogP contribution in [-0.2, 0) is 19.6 Å². The number of hydrogen-bond donors (Lipinski definition) is 0. The van der Waals surface area contributed by atoms with E-state index < -0.39 is 40.7 Å². The van der Waals surface area contributed by atoms with E-state index in [1.165, 1.54) is 24.3 Å². The van der Waals surface area contributed by atoms with Crippen LogP contribution in [0.25, 0.3) is 0 Å². The fourth-order valence-electron chi connectivity index (χ4n) is 2.06. The number of rotatable bonds is 7. The predicted octanol–water partition coefficient (Wildman–Crippen LogP) is 2.67. The molecule has 0 bridgehead atoms. The number of esters is 1. The molecule has 0 aromatic heterocycles. The average molecular weight is 400 g/mol. The zero-order valence-electron chi connectivity index (χ0n) is 13.7. The van der Waals surface area contributed by atoms with Crippen molar-refractivity contribution in [3.8, 4) is 0 Å². The molecule has 0 saturated heterocycles. The first-order valence-corrected chi connectivity index (χ1v) is 9.57. The molecule has 2 aromatic carbocycles. The van der Waals surface area contributed by atoms with Gasteiger partial charge in [0.05, 0.1) is 11.9 Å². The Morgan fingerprint density at radius 2 is 1.81 bits per heavy atom. The van der Waals surface area contributed by atoms with Crippen molar-refractivity contribution in [2.45, 2.75) is 0 Å². The molecule has 26 heavy (non-hydrogen) atoms. The fourth-order valence-corrected chi connectivity index (χ4v) is 3.08. The number of ketones is 1.